The molecule has 0 N–H and O–H groups in total. The maximum absolute atomic E-state index is 14.3. The van der Waals surface area contributed by atoms with E-state index >= 15 is 0 Å². The Morgan fingerprint density at radius 1 is 0.805 bits per heavy atom. The van der Waals surface area contributed by atoms with Gasteiger partial charge in [0.25, 0.3) is 11.8 Å². The Balaban J connectivity index is 1.66. The van der Waals surface area contributed by atoms with Crippen LogP contribution in [0.5, 0.6) is 17.2 Å². The number of hydrogen-bond donors (Lipinski definition) is 0. The molecule has 0 aliphatic carbocycles. The average molecular weight is 567 g/mol. The minimum Gasteiger partial charge on any atom is -0.497 e. The van der Waals surface area contributed by atoms with E-state index in [0.29, 0.717) is 62.0 Å². The quantitative estimate of drug-likeness (QED) is 0.148. The molecule has 2 heterocycles. The first-order chi connectivity index (χ1) is 19.9. The zero-order valence-electron chi connectivity index (χ0n) is 22.9. The molecule has 0 spiro atoms. The number of aromatic nitrogens is 1. The summed E-state index contributed by atoms with van der Waals surface area (Å²) < 4.78 is 18.5. The summed E-state index contributed by atoms with van der Waals surface area (Å²) in [6.07, 6.45) is 1.81. The first-order valence-corrected chi connectivity index (χ1v) is 13.4. The molecule has 1 aromatic heterocycles. The number of methoxy groups -OCH3 is 3. The number of allylic oxidation sites excluding steroid dienone is 1. The van der Waals surface area contributed by atoms with Crippen molar-refractivity contribution in [2.24, 2.45) is 0 Å². The highest BCUT2D eigenvalue weighted by molar-refractivity contribution is 6.36. The van der Waals surface area contributed by atoms with E-state index < -0.39 is 5.91 Å². The van der Waals surface area contributed by atoms with E-state index in [4.69, 9.17) is 25.8 Å². The fraction of sp³-hybridized carbons (Fsp3) is 0.152. The number of fused-ring (bicyclic) bond motifs is 5. The summed E-state index contributed by atoms with van der Waals surface area (Å²) in [5.74, 6) is 0.995. The van der Waals surface area contributed by atoms with Gasteiger partial charge in [-0.3, -0.25) is 14.5 Å². The predicted molar refractivity (Wildman–Crippen MR) is 160 cm³/mol. The number of nitrogens with zero attached hydrogens (tertiary/aromatic N) is 2. The van der Waals surface area contributed by atoms with Crippen molar-refractivity contribution in [2.45, 2.75) is 13.1 Å². The molecule has 0 radical (unpaired) electrons. The summed E-state index contributed by atoms with van der Waals surface area (Å²) >= 11 is 6.67. The first-order valence-electron chi connectivity index (χ1n) is 13.0. The lowest BCUT2D eigenvalue weighted by atomic mass is 9.93. The smallest absolute Gasteiger partial charge is 0.262 e. The van der Waals surface area contributed by atoms with Gasteiger partial charge >= 0.3 is 0 Å². The van der Waals surface area contributed by atoms with Crippen LogP contribution in [0, 0.1) is 0 Å². The largest absolute Gasteiger partial charge is 0.497 e. The highest BCUT2D eigenvalue weighted by Crippen LogP contribution is 2.45. The lowest BCUT2D eigenvalue weighted by molar-refractivity contribution is 0.0642. The topological polar surface area (TPSA) is 70.0 Å². The molecule has 6 rings (SSSR count). The highest BCUT2D eigenvalue weighted by atomic mass is 35.5. The van der Waals surface area contributed by atoms with E-state index in [1.165, 1.54) is 4.90 Å². The molecule has 4 aromatic carbocycles. The first kappa shape index (κ1) is 26.5. The van der Waals surface area contributed by atoms with Crippen LogP contribution in [0.3, 0.4) is 0 Å². The second-order valence-electron chi connectivity index (χ2n) is 9.70. The van der Waals surface area contributed by atoms with Crippen molar-refractivity contribution in [2.75, 3.05) is 21.3 Å². The monoisotopic (exact) mass is 566 g/mol. The van der Waals surface area contributed by atoms with Gasteiger partial charge in [0, 0.05) is 45.0 Å². The zero-order chi connectivity index (χ0) is 28.8. The van der Waals surface area contributed by atoms with Crippen molar-refractivity contribution in [1.82, 2.24) is 9.47 Å². The van der Waals surface area contributed by atoms with E-state index in [9.17, 15) is 9.59 Å². The van der Waals surface area contributed by atoms with Crippen molar-refractivity contribution in [3.63, 3.8) is 0 Å². The number of halogens is 1. The van der Waals surface area contributed by atoms with Crippen LogP contribution in [0.2, 0.25) is 5.02 Å². The van der Waals surface area contributed by atoms with Crippen LogP contribution in [0.15, 0.2) is 79.4 Å². The molecule has 41 heavy (non-hydrogen) atoms. The summed E-state index contributed by atoms with van der Waals surface area (Å²) in [7, 11) is 4.71. The molecule has 5 aromatic rings. The van der Waals surface area contributed by atoms with Crippen LogP contribution < -0.4 is 14.2 Å². The van der Waals surface area contributed by atoms with Crippen LogP contribution in [-0.4, -0.2) is 42.6 Å². The number of imide groups is 1. The van der Waals surface area contributed by atoms with Crippen molar-refractivity contribution >= 4 is 45.2 Å². The molecule has 7 nitrogen and oxygen atoms in total. The van der Waals surface area contributed by atoms with Crippen molar-refractivity contribution in [3.8, 4) is 28.4 Å². The van der Waals surface area contributed by atoms with Crippen LogP contribution in [0.4, 0.5) is 0 Å². The van der Waals surface area contributed by atoms with E-state index in [-0.39, 0.29) is 12.5 Å². The third-order valence-corrected chi connectivity index (χ3v) is 7.91. The summed E-state index contributed by atoms with van der Waals surface area (Å²) in [4.78, 5) is 29.8. The Labute approximate surface area is 242 Å². The van der Waals surface area contributed by atoms with E-state index in [1.54, 1.807) is 51.7 Å². The SMILES string of the molecule is C=CCn1c2ccc(OC)cc2c2c3c(c(-c4ccccc4Cl)cc21)C(=O)N(Cc1ccc(OC)cc1OC)C3=O. The Morgan fingerprint density at radius 3 is 2.22 bits per heavy atom. The van der Waals surface area contributed by atoms with Crippen LogP contribution in [0.25, 0.3) is 32.9 Å². The van der Waals surface area contributed by atoms with Gasteiger partial charge in [-0.05, 0) is 48.0 Å². The molecule has 8 heteroatoms. The van der Waals surface area contributed by atoms with Crippen LogP contribution in [0.1, 0.15) is 26.3 Å². The number of carbonyl (C=O) groups excluding carboxylic acids is 2. The molecule has 2 amide bonds. The van der Waals surface area contributed by atoms with E-state index in [1.807, 2.05) is 42.5 Å². The number of hydrogen-bond acceptors (Lipinski definition) is 5. The van der Waals surface area contributed by atoms with Crippen molar-refractivity contribution in [1.29, 1.82) is 0 Å². The maximum Gasteiger partial charge on any atom is 0.262 e. The Morgan fingerprint density at radius 2 is 1.51 bits per heavy atom. The summed E-state index contributed by atoms with van der Waals surface area (Å²) in [5, 5.41) is 1.99. The highest BCUT2D eigenvalue weighted by Gasteiger charge is 2.41. The van der Waals surface area contributed by atoms with Gasteiger partial charge in [0.2, 0.25) is 0 Å². The fourth-order valence-corrected chi connectivity index (χ4v) is 5.91. The van der Waals surface area contributed by atoms with Gasteiger partial charge in [0.1, 0.15) is 17.2 Å². The van der Waals surface area contributed by atoms with Gasteiger partial charge in [-0.2, -0.15) is 0 Å². The third-order valence-electron chi connectivity index (χ3n) is 7.58. The molecule has 0 fully saturated rings. The Kier molecular flexibility index (Phi) is 6.67. The van der Waals surface area contributed by atoms with Crippen LogP contribution >= 0.6 is 11.6 Å². The van der Waals surface area contributed by atoms with Gasteiger partial charge in [-0.25, -0.2) is 0 Å². The average Bonchev–Trinajstić information content (AvgIpc) is 3.43. The lowest BCUT2D eigenvalue weighted by Gasteiger charge is -2.17. The molecular weight excluding hydrogens is 540 g/mol. The Hall–Kier alpha value is -4.75. The molecular formula is C33H27ClN2O5. The normalized spacial score (nSPS) is 12.7. The molecule has 0 saturated heterocycles. The van der Waals surface area contributed by atoms with Gasteiger partial charge < -0.3 is 18.8 Å². The van der Waals surface area contributed by atoms with Gasteiger partial charge in [0.15, 0.2) is 0 Å². The Bertz CT molecular complexity index is 1890. The number of ether oxygens (including phenoxy) is 3. The van der Waals surface area contributed by atoms with Crippen molar-refractivity contribution < 1.29 is 23.8 Å². The van der Waals surface area contributed by atoms with Gasteiger partial charge in [0.05, 0.1) is 44.5 Å². The number of rotatable bonds is 8. The molecule has 0 unspecified atom stereocenters. The second kappa shape index (κ2) is 10.3. The summed E-state index contributed by atoms with van der Waals surface area (Å²) in [6, 6.07) is 20.3. The molecule has 0 atom stereocenters. The third kappa shape index (κ3) is 4.12. The van der Waals surface area contributed by atoms with E-state index in [2.05, 4.69) is 11.1 Å². The number of carbonyl (C=O) groups is 2. The summed E-state index contributed by atoms with van der Waals surface area (Å²) in [5.41, 5.74) is 4.31. The number of benzene rings is 4. The van der Waals surface area contributed by atoms with Gasteiger partial charge in [-0.1, -0.05) is 35.9 Å². The number of amides is 2. The zero-order valence-corrected chi connectivity index (χ0v) is 23.6. The minimum absolute atomic E-state index is 0.0254. The molecule has 1 aliphatic rings. The molecule has 206 valence electrons. The van der Waals surface area contributed by atoms with Gasteiger partial charge in [-0.15, -0.1) is 6.58 Å². The second-order valence-corrected chi connectivity index (χ2v) is 10.1. The summed E-state index contributed by atoms with van der Waals surface area (Å²) in [6.45, 7) is 4.48. The maximum atomic E-state index is 14.3. The predicted octanol–water partition coefficient (Wildman–Crippen LogP) is 7.12. The van der Waals surface area contributed by atoms with E-state index in [0.717, 1.165) is 16.4 Å². The lowest BCUT2D eigenvalue weighted by Crippen LogP contribution is -2.29. The fourth-order valence-electron chi connectivity index (χ4n) is 5.67. The van der Waals surface area contributed by atoms with Crippen LogP contribution in [-0.2, 0) is 13.1 Å². The molecule has 1 aliphatic heterocycles. The molecule has 0 bridgehead atoms. The molecule has 0 saturated carbocycles. The minimum atomic E-state index is -0.396. The standard InChI is InChI=1S/C33H27ClN2O5/c1-5-14-35-26-13-12-20(39-2)15-24(26)29-27(35)17-23(22-8-6-7-9-25(22)34)30-31(29)33(38)36(32(30)37)18-19-10-11-21(40-3)16-28(19)41-4/h5-13,15-17H,1,14,18H2,2-4H3. The van der Waals surface area contributed by atoms with Crippen molar-refractivity contribution in [3.05, 3.63) is 101 Å².